The number of hydrogen-bond donors (Lipinski definition) is 2. The van der Waals surface area contributed by atoms with Crippen LogP contribution in [0.15, 0.2) is 53.7 Å². The molecule has 3 rings (SSSR count). The summed E-state index contributed by atoms with van der Waals surface area (Å²) in [7, 11) is 0. The number of aliphatic imine (C=N–C) groups is 1. The van der Waals surface area contributed by atoms with Crippen LogP contribution in [0.2, 0.25) is 0 Å². The molecule has 30 heavy (non-hydrogen) atoms. The number of rotatable bonds is 6. The van der Waals surface area contributed by atoms with Crippen molar-refractivity contribution in [1.29, 1.82) is 0 Å². The number of hydrogen-bond acceptors (Lipinski definition) is 4. The van der Waals surface area contributed by atoms with Gasteiger partial charge < -0.3 is 20.4 Å². The fourth-order valence-electron chi connectivity index (χ4n) is 3.36. The summed E-state index contributed by atoms with van der Waals surface area (Å²) in [6, 6.07) is 14.0. The van der Waals surface area contributed by atoms with Gasteiger partial charge in [0.05, 0.1) is 0 Å². The predicted molar refractivity (Wildman–Crippen MR) is 134 cm³/mol. The molecular weight excluding hydrogens is 491 g/mol. The Morgan fingerprint density at radius 3 is 2.43 bits per heavy atom. The summed E-state index contributed by atoms with van der Waals surface area (Å²) in [5.74, 6) is 1.96. The van der Waals surface area contributed by atoms with Crippen LogP contribution in [0.5, 0.6) is 0 Å². The Balaban J connectivity index is 0.00000320. The molecule has 1 amide bonds. The van der Waals surface area contributed by atoms with Crippen molar-refractivity contribution < 1.29 is 4.79 Å². The third-order valence-electron chi connectivity index (χ3n) is 4.82. The van der Waals surface area contributed by atoms with Gasteiger partial charge in [0.2, 0.25) is 5.91 Å². The molecule has 0 atom stereocenters. The van der Waals surface area contributed by atoms with Crippen LogP contribution < -0.4 is 15.5 Å². The number of benzene rings is 1. The number of piperazine rings is 1. The summed E-state index contributed by atoms with van der Waals surface area (Å²) < 4.78 is 0. The molecule has 1 fully saturated rings. The summed E-state index contributed by atoms with van der Waals surface area (Å²) >= 11 is 0. The van der Waals surface area contributed by atoms with Crippen molar-refractivity contribution in [3.8, 4) is 0 Å². The average Bonchev–Trinajstić information content (AvgIpc) is 2.75. The van der Waals surface area contributed by atoms with Gasteiger partial charge >= 0.3 is 0 Å². The number of anilines is 2. The monoisotopic (exact) mass is 522 g/mol. The lowest BCUT2D eigenvalue weighted by Gasteiger charge is -2.37. The molecule has 2 aromatic rings. The first-order chi connectivity index (χ1) is 14.2. The van der Waals surface area contributed by atoms with E-state index < -0.39 is 0 Å². The number of nitrogens with zero attached hydrogens (tertiary/aromatic N) is 4. The van der Waals surface area contributed by atoms with Crippen LogP contribution in [0.1, 0.15) is 19.4 Å². The minimum Gasteiger partial charge on any atom is -0.357 e. The highest BCUT2D eigenvalue weighted by Crippen LogP contribution is 2.13. The van der Waals surface area contributed by atoms with Crippen LogP contribution in [0.3, 0.4) is 0 Å². The zero-order valence-corrected chi connectivity index (χ0v) is 20.0. The van der Waals surface area contributed by atoms with E-state index >= 15 is 0 Å². The minimum atomic E-state index is -0.0548. The van der Waals surface area contributed by atoms with Gasteiger partial charge in [0.25, 0.3) is 0 Å². The Labute approximate surface area is 196 Å². The van der Waals surface area contributed by atoms with Gasteiger partial charge in [-0.05, 0) is 43.2 Å². The summed E-state index contributed by atoms with van der Waals surface area (Å²) in [6.45, 7) is 8.91. The number of nitrogens with one attached hydrogen (secondary N) is 2. The van der Waals surface area contributed by atoms with Crippen molar-refractivity contribution in [3.05, 3.63) is 54.2 Å². The fraction of sp³-hybridized carbons (Fsp3) is 0.409. The molecule has 2 heterocycles. The van der Waals surface area contributed by atoms with E-state index in [1.165, 1.54) is 12.5 Å². The van der Waals surface area contributed by atoms with Crippen LogP contribution in [-0.2, 0) is 11.2 Å². The highest BCUT2D eigenvalue weighted by atomic mass is 127. The van der Waals surface area contributed by atoms with Gasteiger partial charge in [-0.2, -0.15) is 0 Å². The maximum absolute atomic E-state index is 11.1. The number of carbonyl (C=O) groups excluding carboxylic acids is 1. The van der Waals surface area contributed by atoms with Crippen LogP contribution in [0, 0.1) is 0 Å². The molecule has 1 aliphatic rings. The van der Waals surface area contributed by atoms with Gasteiger partial charge in [0.15, 0.2) is 5.96 Å². The average molecular weight is 522 g/mol. The minimum absolute atomic E-state index is 0. The molecule has 7 nitrogen and oxygen atoms in total. The molecule has 162 valence electrons. The van der Waals surface area contributed by atoms with Gasteiger partial charge in [-0.1, -0.05) is 18.2 Å². The van der Waals surface area contributed by atoms with E-state index in [4.69, 9.17) is 4.99 Å². The lowest BCUT2D eigenvalue weighted by Crippen LogP contribution is -2.52. The SMILES string of the molecule is CCNC(=NCCc1ccc(NC(C)=O)cc1)N1CCN(c2ccccn2)CC1.I. The number of pyridine rings is 1. The molecule has 1 saturated heterocycles. The van der Waals surface area contributed by atoms with Gasteiger partial charge in [0, 0.05) is 58.1 Å². The maximum atomic E-state index is 11.1. The van der Waals surface area contributed by atoms with E-state index in [0.717, 1.165) is 63.2 Å². The Bertz CT molecular complexity index is 804. The van der Waals surface area contributed by atoms with Crippen LogP contribution in [0.4, 0.5) is 11.5 Å². The molecule has 1 aliphatic heterocycles. The zero-order chi connectivity index (χ0) is 20.5. The van der Waals surface area contributed by atoms with Gasteiger partial charge in [0.1, 0.15) is 5.82 Å². The van der Waals surface area contributed by atoms with Crippen molar-refractivity contribution in [1.82, 2.24) is 15.2 Å². The summed E-state index contributed by atoms with van der Waals surface area (Å²) in [6.07, 6.45) is 2.71. The molecule has 0 saturated carbocycles. The topological polar surface area (TPSA) is 72.9 Å². The highest BCUT2D eigenvalue weighted by molar-refractivity contribution is 14.0. The second-order valence-corrected chi connectivity index (χ2v) is 7.03. The molecule has 8 heteroatoms. The highest BCUT2D eigenvalue weighted by Gasteiger charge is 2.20. The molecule has 0 aliphatic carbocycles. The Hall–Kier alpha value is -2.36. The quantitative estimate of drug-likeness (QED) is 0.347. The number of guanidine groups is 1. The van der Waals surface area contributed by atoms with Crippen LogP contribution >= 0.6 is 24.0 Å². The van der Waals surface area contributed by atoms with Crippen molar-refractivity contribution in [2.45, 2.75) is 20.3 Å². The first-order valence-electron chi connectivity index (χ1n) is 10.2. The molecule has 0 spiro atoms. The van der Waals surface area contributed by atoms with Crippen molar-refractivity contribution in [2.24, 2.45) is 4.99 Å². The second-order valence-electron chi connectivity index (χ2n) is 7.03. The number of amides is 1. The fourth-order valence-corrected chi connectivity index (χ4v) is 3.36. The van der Waals surface area contributed by atoms with E-state index in [2.05, 4.69) is 38.4 Å². The third-order valence-corrected chi connectivity index (χ3v) is 4.82. The Morgan fingerprint density at radius 2 is 1.83 bits per heavy atom. The summed E-state index contributed by atoms with van der Waals surface area (Å²) in [5, 5.41) is 6.21. The largest absolute Gasteiger partial charge is 0.357 e. The number of halogens is 1. The van der Waals surface area contributed by atoms with Gasteiger partial charge in [-0.3, -0.25) is 9.79 Å². The molecule has 0 bridgehead atoms. The molecule has 1 aromatic heterocycles. The lowest BCUT2D eigenvalue weighted by atomic mass is 10.1. The normalized spacial score (nSPS) is 14.1. The van der Waals surface area contributed by atoms with E-state index in [0.29, 0.717) is 0 Å². The molecule has 1 aromatic carbocycles. The Kier molecular flexibility index (Phi) is 9.85. The van der Waals surface area contributed by atoms with E-state index in [1.54, 1.807) is 0 Å². The maximum Gasteiger partial charge on any atom is 0.221 e. The molecule has 2 N–H and O–H groups in total. The van der Waals surface area contributed by atoms with E-state index in [-0.39, 0.29) is 29.9 Å². The first-order valence-corrected chi connectivity index (χ1v) is 10.2. The first kappa shape index (κ1) is 23.9. The van der Waals surface area contributed by atoms with Crippen molar-refractivity contribution >= 4 is 47.3 Å². The number of aromatic nitrogens is 1. The zero-order valence-electron chi connectivity index (χ0n) is 17.7. The number of carbonyl (C=O) groups is 1. The third kappa shape index (κ3) is 7.16. The molecule has 0 unspecified atom stereocenters. The van der Waals surface area contributed by atoms with Gasteiger partial charge in [-0.25, -0.2) is 4.98 Å². The predicted octanol–water partition coefficient (Wildman–Crippen LogP) is 2.99. The molecule has 0 radical (unpaired) electrons. The standard InChI is InChI=1S/C22H30N6O.HI/c1-3-23-22(25-13-11-19-7-9-20(10-8-19)26-18(2)29)28-16-14-27(15-17-28)21-6-4-5-12-24-21;/h4-10,12H,3,11,13-17H2,1-2H3,(H,23,25)(H,26,29);1H. The van der Waals surface area contributed by atoms with Gasteiger partial charge in [-0.15, -0.1) is 24.0 Å². The summed E-state index contributed by atoms with van der Waals surface area (Å²) in [4.78, 5) is 25.0. The Morgan fingerprint density at radius 1 is 1.10 bits per heavy atom. The van der Waals surface area contributed by atoms with Crippen LogP contribution in [0.25, 0.3) is 0 Å². The smallest absolute Gasteiger partial charge is 0.221 e. The van der Waals surface area contributed by atoms with Crippen molar-refractivity contribution in [2.75, 3.05) is 49.5 Å². The van der Waals surface area contributed by atoms with Crippen LogP contribution in [-0.4, -0.2) is 61.0 Å². The summed E-state index contributed by atoms with van der Waals surface area (Å²) in [5.41, 5.74) is 2.03. The van der Waals surface area contributed by atoms with E-state index in [9.17, 15) is 4.79 Å². The van der Waals surface area contributed by atoms with E-state index in [1.807, 2.05) is 42.6 Å². The second kappa shape index (κ2) is 12.4. The molecular formula is C22H31IN6O. The van der Waals surface area contributed by atoms with Crippen molar-refractivity contribution in [3.63, 3.8) is 0 Å². The lowest BCUT2D eigenvalue weighted by molar-refractivity contribution is -0.114.